The van der Waals surface area contributed by atoms with E-state index in [2.05, 4.69) is 17.7 Å². The number of hydrogen-bond acceptors (Lipinski definition) is 4. The minimum absolute atomic E-state index is 0.0960. The Labute approximate surface area is 143 Å². The summed E-state index contributed by atoms with van der Waals surface area (Å²) in [7, 11) is 0. The van der Waals surface area contributed by atoms with Crippen molar-refractivity contribution in [2.24, 2.45) is 0 Å². The summed E-state index contributed by atoms with van der Waals surface area (Å²) in [6.45, 7) is 3.43. The van der Waals surface area contributed by atoms with Gasteiger partial charge in [-0.05, 0) is 24.8 Å². The molecule has 0 radical (unpaired) electrons. The van der Waals surface area contributed by atoms with E-state index in [0.29, 0.717) is 19.6 Å². The number of ether oxygens (including phenoxy) is 1. The minimum atomic E-state index is -0.416. The zero-order valence-corrected chi connectivity index (χ0v) is 14.4. The van der Waals surface area contributed by atoms with Gasteiger partial charge in [0.2, 0.25) is 5.91 Å². The van der Waals surface area contributed by atoms with Crippen molar-refractivity contribution in [3.63, 3.8) is 0 Å². The molecule has 2 N–H and O–H groups in total. The van der Waals surface area contributed by atoms with E-state index in [1.54, 1.807) is 0 Å². The first kappa shape index (κ1) is 20.0. The molecule has 1 aromatic rings. The maximum atomic E-state index is 11.5. The largest absolute Gasteiger partial charge is 0.445 e. The van der Waals surface area contributed by atoms with Gasteiger partial charge in [-0.1, -0.05) is 50.1 Å². The van der Waals surface area contributed by atoms with E-state index in [0.717, 1.165) is 37.7 Å². The third kappa shape index (κ3) is 10.6. The van der Waals surface area contributed by atoms with Gasteiger partial charge >= 0.3 is 6.09 Å². The van der Waals surface area contributed by atoms with Gasteiger partial charge < -0.3 is 10.1 Å². The van der Waals surface area contributed by atoms with Crippen LogP contribution in [0.3, 0.4) is 0 Å². The van der Waals surface area contributed by atoms with Crippen LogP contribution in [0, 0.1) is 0 Å². The number of carbonyl (C=O) groups excluding carboxylic acids is 2. The van der Waals surface area contributed by atoms with Crippen molar-refractivity contribution in [2.45, 2.75) is 52.1 Å². The zero-order valence-electron chi connectivity index (χ0n) is 14.4. The first-order chi connectivity index (χ1) is 11.7. The summed E-state index contributed by atoms with van der Waals surface area (Å²) in [4.78, 5) is 28.0. The molecule has 6 heteroatoms. The highest BCUT2D eigenvalue weighted by Gasteiger charge is 2.03. The van der Waals surface area contributed by atoms with Gasteiger partial charge in [-0.2, -0.15) is 0 Å². The van der Waals surface area contributed by atoms with Crippen LogP contribution in [-0.2, 0) is 21.0 Å². The van der Waals surface area contributed by atoms with Crippen LogP contribution in [0.1, 0.15) is 51.0 Å². The zero-order chi connectivity index (χ0) is 17.5. The van der Waals surface area contributed by atoms with Gasteiger partial charge in [-0.15, -0.1) is 0 Å². The average Bonchev–Trinajstić information content (AvgIpc) is 2.61. The molecule has 0 spiro atoms. The van der Waals surface area contributed by atoms with Gasteiger partial charge in [0.05, 0.1) is 6.61 Å². The molecule has 2 amide bonds. The fourth-order valence-electron chi connectivity index (χ4n) is 1.95. The fourth-order valence-corrected chi connectivity index (χ4v) is 1.95. The van der Waals surface area contributed by atoms with Gasteiger partial charge in [0.25, 0.3) is 0 Å². The van der Waals surface area contributed by atoms with Gasteiger partial charge in [0.1, 0.15) is 6.61 Å². The molecule has 0 aliphatic rings. The van der Waals surface area contributed by atoms with Crippen LogP contribution in [0.5, 0.6) is 0 Å². The third-order valence-corrected chi connectivity index (χ3v) is 3.35. The summed E-state index contributed by atoms with van der Waals surface area (Å²) in [6, 6.07) is 9.54. The minimum Gasteiger partial charge on any atom is -0.445 e. The molecule has 0 aromatic heterocycles. The lowest BCUT2D eigenvalue weighted by Crippen LogP contribution is -2.25. The number of alkyl carbamates (subject to hydrolysis) is 1. The van der Waals surface area contributed by atoms with E-state index in [1.165, 1.54) is 0 Å². The molecule has 1 rings (SSSR count). The summed E-state index contributed by atoms with van der Waals surface area (Å²) >= 11 is 0. The molecular formula is C18H28N2O4. The fraction of sp³-hybridized carbons (Fsp3) is 0.556. The summed E-state index contributed by atoms with van der Waals surface area (Å²) < 4.78 is 5.11. The Morgan fingerprint density at radius 2 is 1.83 bits per heavy atom. The number of carbonyl (C=O) groups is 2. The normalized spacial score (nSPS) is 10.2. The van der Waals surface area contributed by atoms with Crippen LogP contribution in [0.2, 0.25) is 0 Å². The molecule has 0 fully saturated rings. The number of unbranched alkanes of at least 4 members (excludes halogenated alkanes) is 3. The number of hydroxylamine groups is 1. The monoisotopic (exact) mass is 336 g/mol. The second kappa shape index (κ2) is 13.4. The standard InChI is InChI=1S/C18H28N2O4/c1-2-3-14-24-20-17(21)12-8-5-9-13-19-18(22)23-15-16-10-6-4-7-11-16/h4,6-7,10-11H,2-3,5,8-9,12-15H2,1H3,(H,19,22)(H,20,21). The maximum absolute atomic E-state index is 11.5. The van der Waals surface area contributed by atoms with Gasteiger partial charge in [0.15, 0.2) is 0 Å². The van der Waals surface area contributed by atoms with Crippen molar-refractivity contribution in [3.8, 4) is 0 Å². The van der Waals surface area contributed by atoms with E-state index in [-0.39, 0.29) is 12.5 Å². The van der Waals surface area contributed by atoms with Crippen LogP contribution in [0.4, 0.5) is 4.79 Å². The van der Waals surface area contributed by atoms with Gasteiger partial charge in [0, 0.05) is 13.0 Å². The SMILES string of the molecule is CCCCONC(=O)CCCCCNC(=O)OCc1ccccc1. The number of benzene rings is 1. The Bertz CT molecular complexity index is 465. The molecule has 0 saturated heterocycles. The molecule has 0 bridgehead atoms. The lowest BCUT2D eigenvalue weighted by molar-refractivity contribution is -0.133. The number of hydrogen-bond donors (Lipinski definition) is 2. The van der Waals surface area contributed by atoms with E-state index in [4.69, 9.17) is 9.57 Å². The first-order valence-electron chi connectivity index (χ1n) is 8.57. The molecule has 0 saturated carbocycles. The topological polar surface area (TPSA) is 76.7 Å². The van der Waals surface area contributed by atoms with Crippen molar-refractivity contribution < 1.29 is 19.2 Å². The van der Waals surface area contributed by atoms with Gasteiger partial charge in [-0.3, -0.25) is 9.63 Å². The summed E-state index contributed by atoms with van der Waals surface area (Å²) in [5.74, 6) is -0.0960. The smallest absolute Gasteiger partial charge is 0.407 e. The third-order valence-electron chi connectivity index (χ3n) is 3.35. The molecule has 0 heterocycles. The van der Waals surface area contributed by atoms with Crippen molar-refractivity contribution in [2.75, 3.05) is 13.2 Å². The molecule has 1 aromatic carbocycles. The van der Waals surface area contributed by atoms with Gasteiger partial charge in [-0.25, -0.2) is 10.3 Å². The first-order valence-corrected chi connectivity index (χ1v) is 8.57. The van der Waals surface area contributed by atoms with Crippen LogP contribution < -0.4 is 10.8 Å². The average molecular weight is 336 g/mol. The van der Waals surface area contributed by atoms with E-state index >= 15 is 0 Å². The molecule has 6 nitrogen and oxygen atoms in total. The van der Waals surface area contributed by atoms with Crippen LogP contribution >= 0.6 is 0 Å². The molecule has 0 atom stereocenters. The Morgan fingerprint density at radius 1 is 1.04 bits per heavy atom. The summed E-state index contributed by atoms with van der Waals surface area (Å²) in [5.41, 5.74) is 3.39. The second-order valence-corrected chi connectivity index (χ2v) is 5.53. The molecule has 134 valence electrons. The van der Waals surface area contributed by atoms with E-state index < -0.39 is 6.09 Å². The van der Waals surface area contributed by atoms with Crippen molar-refractivity contribution in [3.05, 3.63) is 35.9 Å². The highest BCUT2D eigenvalue weighted by molar-refractivity contribution is 5.74. The number of nitrogens with one attached hydrogen (secondary N) is 2. The summed E-state index contributed by atoms with van der Waals surface area (Å²) in [5, 5.41) is 2.70. The number of rotatable bonds is 12. The Balaban J connectivity index is 1.92. The second-order valence-electron chi connectivity index (χ2n) is 5.53. The molecular weight excluding hydrogens is 308 g/mol. The van der Waals surface area contributed by atoms with Crippen LogP contribution in [0.15, 0.2) is 30.3 Å². The summed E-state index contributed by atoms with van der Waals surface area (Å²) in [6.07, 6.45) is 4.43. The predicted molar refractivity (Wildman–Crippen MR) is 92.1 cm³/mol. The number of amides is 2. The maximum Gasteiger partial charge on any atom is 0.407 e. The quantitative estimate of drug-likeness (QED) is 0.453. The highest BCUT2D eigenvalue weighted by atomic mass is 16.6. The Kier molecular flexibility index (Phi) is 11.1. The van der Waals surface area contributed by atoms with Crippen molar-refractivity contribution in [1.29, 1.82) is 0 Å². The predicted octanol–water partition coefficient (Wildman–Crippen LogP) is 3.32. The molecule has 24 heavy (non-hydrogen) atoms. The van der Waals surface area contributed by atoms with E-state index in [1.807, 2.05) is 30.3 Å². The van der Waals surface area contributed by atoms with E-state index in [9.17, 15) is 9.59 Å². The lowest BCUT2D eigenvalue weighted by atomic mass is 10.2. The van der Waals surface area contributed by atoms with Crippen LogP contribution in [-0.4, -0.2) is 25.2 Å². The molecule has 0 aliphatic carbocycles. The Morgan fingerprint density at radius 3 is 2.58 bits per heavy atom. The highest BCUT2D eigenvalue weighted by Crippen LogP contribution is 2.01. The Hall–Kier alpha value is -2.08. The van der Waals surface area contributed by atoms with Crippen molar-refractivity contribution >= 4 is 12.0 Å². The van der Waals surface area contributed by atoms with Crippen molar-refractivity contribution in [1.82, 2.24) is 10.8 Å². The molecule has 0 aliphatic heterocycles. The van der Waals surface area contributed by atoms with Crippen LogP contribution in [0.25, 0.3) is 0 Å². The lowest BCUT2D eigenvalue weighted by Gasteiger charge is -2.07. The molecule has 0 unspecified atom stereocenters.